The minimum Gasteiger partial charge on any atom is -0.457 e. The third-order valence-electron chi connectivity index (χ3n) is 5.65. The molecule has 0 bridgehead atoms. The molecule has 3 N–H and O–H groups in total. The van der Waals surface area contributed by atoms with Crippen LogP contribution in [0.15, 0.2) is 87.5 Å². The van der Waals surface area contributed by atoms with E-state index in [1.54, 1.807) is 42.5 Å². The molecular weight excluding hydrogens is 553 g/mol. The van der Waals surface area contributed by atoms with Gasteiger partial charge in [0.2, 0.25) is 10.0 Å². The number of amides is 1. The van der Waals surface area contributed by atoms with Crippen molar-refractivity contribution in [1.29, 1.82) is 5.26 Å². The van der Waals surface area contributed by atoms with E-state index in [1.165, 1.54) is 34.8 Å². The molecule has 0 fully saturated rings. The van der Waals surface area contributed by atoms with Gasteiger partial charge in [0, 0.05) is 17.2 Å². The number of thiazole rings is 1. The number of allylic oxidation sites excluding steroid dienone is 1. The fourth-order valence-electron chi connectivity index (χ4n) is 3.66. The second-order valence-corrected chi connectivity index (χ2v) is 11.9. The number of nitrogens with two attached hydrogens (primary N) is 1. The van der Waals surface area contributed by atoms with Crippen LogP contribution in [0.3, 0.4) is 0 Å². The summed E-state index contributed by atoms with van der Waals surface area (Å²) in [5, 5.41) is 20.9. The number of primary sulfonamides is 1. The molecule has 194 valence electrons. The number of anilines is 1. The summed E-state index contributed by atoms with van der Waals surface area (Å²) in [5.41, 5.74) is 3.07. The van der Waals surface area contributed by atoms with E-state index in [-0.39, 0.29) is 16.4 Å². The number of nitriles is 1. The van der Waals surface area contributed by atoms with Gasteiger partial charge in [0.1, 0.15) is 33.3 Å². The summed E-state index contributed by atoms with van der Waals surface area (Å²) in [7, 11) is -3.80. The lowest BCUT2D eigenvalue weighted by Gasteiger charge is -2.04. The number of furan rings is 1. The molecule has 8 nitrogen and oxygen atoms in total. The smallest absolute Gasteiger partial charge is 0.256 e. The van der Waals surface area contributed by atoms with Crippen LogP contribution in [0.2, 0.25) is 0 Å². The first kappa shape index (κ1) is 26.3. The zero-order valence-electron chi connectivity index (χ0n) is 20.4. The number of hydrogen-bond acceptors (Lipinski definition) is 8. The molecule has 0 atom stereocenters. The molecule has 0 spiro atoms. The molecule has 0 aliphatic heterocycles. The lowest BCUT2D eigenvalue weighted by atomic mass is 10.1. The average molecular weight is 573 g/mol. The van der Waals surface area contributed by atoms with Crippen molar-refractivity contribution < 1.29 is 17.6 Å². The van der Waals surface area contributed by atoms with Crippen molar-refractivity contribution >= 4 is 55.3 Å². The quantitative estimate of drug-likeness (QED) is 0.216. The van der Waals surface area contributed by atoms with Gasteiger partial charge in [-0.1, -0.05) is 35.1 Å². The minimum absolute atomic E-state index is 0.000260. The first-order valence-electron chi connectivity index (χ1n) is 11.5. The molecule has 39 heavy (non-hydrogen) atoms. The van der Waals surface area contributed by atoms with Gasteiger partial charge in [-0.25, -0.2) is 18.5 Å². The molecule has 0 aliphatic rings. The van der Waals surface area contributed by atoms with E-state index in [9.17, 15) is 18.5 Å². The van der Waals surface area contributed by atoms with E-state index in [0.717, 1.165) is 10.4 Å². The lowest BCUT2D eigenvalue weighted by molar-refractivity contribution is 0.102. The van der Waals surface area contributed by atoms with Crippen molar-refractivity contribution in [2.24, 2.45) is 5.14 Å². The second-order valence-electron chi connectivity index (χ2n) is 8.44. The van der Waals surface area contributed by atoms with Gasteiger partial charge in [-0.05, 0) is 66.9 Å². The predicted molar refractivity (Wildman–Crippen MR) is 154 cm³/mol. The summed E-state index contributed by atoms with van der Waals surface area (Å²) in [5.74, 6) is 0.633. The number of carbonyl (C=O) groups is 1. The predicted octanol–water partition coefficient (Wildman–Crippen LogP) is 6.40. The molecule has 3 aromatic heterocycles. The monoisotopic (exact) mass is 572 g/mol. The maximum Gasteiger partial charge on any atom is 0.256 e. The van der Waals surface area contributed by atoms with Gasteiger partial charge in [-0.2, -0.15) is 5.26 Å². The molecule has 5 rings (SSSR count). The normalized spacial score (nSPS) is 11.8. The standard InChI is InChI=1S/C28H20N4O4S3/c1-17-4-6-19(7-5-17)26(33)32-28-25(24-3-2-14-37-24)31-27(38-28)20(16-29)15-21-10-13-23(36-21)18-8-11-22(12-9-18)39(30,34)35/h2-15H,1H3,(H,32,33)(H2,30,34,35). The highest BCUT2D eigenvalue weighted by Crippen LogP contribution is 2.39. The fourth-order valence-corrected chi connectivity index (χ4v) is 5.90. The fraction of sp³-hybridized carbons (Fsp3) is 0.0357. The van der Waals surface area contributed by atoms with Crippen molar-refractivity contribution in [3.05, 3.63) is 100 Å². The number of rotatable bonds is 7. The third-order valence-corrected chi connectivity index (χ3v) is 8.46. The van der Waals surface area contributed by atoms with Gasteiger partial charge >= 0.3 is 0 Å². The minimum atomic E-state index is -3.80. The van der Waals surface area contributed by atoms with E-state index in [0.29, 0.717) is 38.4 Å². The molecule has 0 saturated carbocycles. The van der Waals surface area contributed by atoms with Crippen molar-refractivity contribution in [2.75, 3.05) is 5.32 Å². The number of benzene rings is 2. The van der Waals surface area contributed by atoms with Crippen LogP contribution in [0.4, 0.5) is 5.00 Å². The van der Waals surface area contributed by atoms with Crippen LogP contribution >= 0.6 is 22.7 Å². The van der Waals surface area contributed by atoms with Crippen LogP contribution in [0.1, 0.15) is 26.7 Å². The molecular formula is C28H20N4O4S3. The number of hydrogen-bond donors (Lipinski definition) is 2. The van der Waals surface area contributed by atoms with Crippen LogP contribution in [0, 0.1) is 18.3 Å². The van der Waals surface area contributed by atoms with Crippen LogP contribution < -0.4 is 10.5 Å². The van der Waals surface area contributed by atoms with Crippen molar-refractivity contribution in [3.63, 3.8) is 0 Å². The van der Waals surface area contributed by atoms with Crippen molar-refractivity contribution in [1.82, 2.24) is 4.98 Å². The van der Waals surface area contributed by atoms with E-state index < -0.39 is 10.0 Å². The maximum absolute atomic E-state index is 12.9. The highest BCUT2D eigenvalue weighted by molar-refractivity contribution is 7.89. The zero-order chi connectivity index (χ0) is 27.6. The Bertz CT molecular complexity index is 1830. The van der Waals surface area contributed by atoms with Crippen LogP contribution in [-0.4, -0.2) is 19.3 Å². The average Bonchev–Trinajstić information content (AvgIpc) is 3.68. The van der Waals surface area contributed by atoms with Crippen molar-refractivity contribution in [2.45, 2.75) is 11.8 Å². The molecule has 1 amide bonds. The number of sulfonamides is 1. The summed E-state index contributed by atoms with van der Waals surface area (Å²) >= 11 is 2.69. The molecule has 5 aromatic rings. The number of aryl methyl sites for hydroxylation is 1. The highest BCUT2D eigenvalue weighted by Gasteiger charge is 2.20. The number of nitrogens with zero attached hydrogens (tertiary/aromatic N) is 2. The van der Waals surface area contributed by atoms with Gasteiger partial charge in [-0.3, -0.25) is 4.79 Å². The highest BCUT2D eigenvalue weighted by atomic mass is 32.2. The number of nitrogens with one attached hydrogen (secondary N) is 1. The lowest BCUT2D eigenvalue weighted by Crippen LogP contribution is -2.11. The summed E-state index contributed by atoms with van der Waals surface area (Å²) in [6.07, 6.45) is 1.57. The first-order valence-corrected chi connectivity index (χ1v) is 14.7. The molecule has 0 saturated heterocycles. The Morgan fingerprint density at radius 2 is 1.82 bits per heavy atom. The number of thiophene rings is 1. The largest absolute Gasteiger partial charge is 0.457 e. The Balaban J connectivity index is 1.45. The topological polar surface area (TPSA) is 139 Å². The van der Waals surface area contributed by atoms with E-state index in [2.05, 4.69) is 11.4 Å². The summed E-state index contributed by atoms with van der Waals surface area (Å²) in [6, 6.07) is 22.6. The Hall–Kier alpha value is -4.34. The summed E-state index contributed by atoms with van der Waals surface area (Å²) < 4.78 is 28.9. The molecule has 2 aromatic carbocycles. The van der Waals surface area contributed by atoms with Gasteiger partial charge in [-0.15, -0.1) is 11.3 Å². The molecule has 11 heteroatoms. The number of carbonyl (C=O) groups excluding carboxylic acids is 1. The molecule has 0 aliphatic carbocycles. The second kappa shape index (κ2) is 10.8. The molecule has 3 heterocycles. The summed E-state index contributed by atoms with van der Waals surface area (Å²) in [4.78, 5) is 18.5. The van der Waals surface area contributed by atoms with Crippen LogP contribution in [0.5, 0.6) is 0 Å². The van der Waals surface area contributed by atoms with Crippen molar-refractivity contribution in [3.8, 4) is 28.0 Å². The van der Waals surface area contributed by atoms with Gasteiger partial charge in [0.15, 0.2) is 0 Å². The van der Waals surface area contributed by atoms with Gasteiger partial charge < -0.3 is 9.73 Å². The molecule has 0 radical (unpaired) electrons. The van der Waals surface area contributed by atoms with Gasteiger partial charge in [0.25, 0.3) is 5.91 Å². The first-order chi connectivity index (χ1) is 18.7. The number of aromatic nitrogens is 1. The van der Waals surface area contributed by atoms with Crippen LogP contribution in [-0.2, 0) is 10.0 Å². The van der Waals surface area contributed by atoms with Crippen LogP contribution in [0.25, 0.3) is 33.5 Å². The SMILES string of the molecule is Cc1ccc(C(=O)Nc2sc(C(C#N)=Cc3ccc(-c4ccc(S(N)(=O)=O)cc4)o3)nc2-c2cccs2)cc1. The molecule has 0 unspecified atom stereocenters. The zero-order valence-corrected chi connectivity index (χ0v) is 22.9. The Morgan fingerprint density at radius 3 is 2.46 bits per heavy atom. The Kier molecular flexibility index (Phi) is 7.28. The van der Waals surface area contributed by atoms with E-state index >= 15 is 0 Å². The van der Waals surface area contributed by atoms with Gasteiger partial charge in [0.05, 0.1) is 15.3 Å². The summed E-state index contributed by atoms with van der Waals surface area (Å²) in [6.45, 7) is 1.95. The Labute approximate surface area is 232 Å². The maximum atomic E-state index is 12.9. The van der Waals surface area contributed by atoms with E-state index in [4.69, 9.17) is 14.5 Å². The van der Waals surface area contributed by atoms with E-state index in [1.807, 2.05) is 36.6 Å². The third kappa shape index (κ3) is 5.89. The Morgan fingerprint density at radius 1 is 1.08 bits per heavy atom.